The average molecular weight is 562 g/mol. The molecular formula is C33H43N3O5. The monoisotopic (exact) mass is 561 g/mol. The standard InChI is InChI=1S/C33H43N3O5/c1-7-39-20-18-35(6)17-10-19-40-25-15-13-24(14-16-25)31(37)36-21-27(32(38)41-23(2)3)30-29(33(4,5)22-36)26-11-8-9-12-28(26)34-30/h8-9,11-16,21,23,34H,7,10,17-20,22H2,1-6H3. The van der Waals surface area contributed by atoms with Gasteiger partial charge in [-0.25, -0.2) is 4.79 Å². The van der Waals surface area contributed by atoms with Crippen molar-refractivity contribution in [1.82, 2.24) is 14.8 Å². The van der Waals surface area contributed by atoms with E-state index in [-0.39, 0.29) is 12.0 Å². The van der Waals surface area contributed by atoms with Crippen LogP contribution in [0.15, 0.2) is 54.7 Å². The summed E-state index contributed by atoms with van der Waals surface area (Å²) in [6.45, 7) is 14.1. The maximum atomic E-state index is 13.8. The molecule has 1 aliphatic rings. The van der Waals surface area contributed by atoms with E-state index in [1.165, 1.54) is 0 Å². The average Bonchev–Trinajstić information content (AvgIpc) is 3.28. The molecule has 0 unspecified atom stereocenters. The number of hydrogen-bond acceptors (Lipinski definition) is 6. The lowest BCUT2D eigenvalue weighted by atomic mass is 9.81. The molecule has 1 N–H and O–H groups in total. The first-order chi connectivity index (χ1) is 19.6. The van der Waals surface area contributed by atoms with Crippen molar-refractivity contribution < 1.29 is 23.8 Å². The Labute approximate surface area is 243 Å². The molecule has 0 radical (unpaired) electrons. The minimum atomic E-state index is -0.462. The number of benzene rings is 2. The molecule has 3 aromatic rings. The number of ether oxygens (including phenoxy) is 3. The van der Waals surface area contributed by atoms with E-state index in [4.69, 9.17) is 14.2 Å². The Morgan fingerprint density at radius 2 is 1.78 bits per heavy atom. The van der Waals surface area contributed by atoms with Gasteiger partial charge in [0.05, 0.1) is 30.6 Å². The molecule has 1 amide bonds. The van der Waals surface area contributed by atoms with E-state index in [0.717, 1.165) is 49.2 Å². The number of H-pyrrole nitrogens is 1. The summed E-state index contributed by atoms with van der Waals surface area (Å²) in [5, 5.41) is 1.03. The molecule has 0 aliphatic carbocycles. The van der Waals surface area contributed by atoms with E-state index in [0.29, 0.717) is 35.7 Å². The van der Waals surface area contributed by atoms with Gasteiger partial charge in [0.25, 0.3) is 5.91 Å². The largest absolute Gasteiger partial charge is 0.494 e. The molecule has 8 heteroatoms. The van der Waals surface area contributed by atoms with Crippen molar-refractivity contribution in [3.8, 4) is 5.75 Å². The van der Waals surface area contributed by atoms with Crippen molar-refractivity contribution in [2.24, 2.45) is 0 Å². The highest BCUT2D eigenvalue weighted by molar-refractivity contribution is 6.18. The zero-order valence-corrected chi connectivity index (χ0v) is 25.2. The van der Waals surface area contributed by atoms with Crippen molar-refractivity contribution in [2.75, 3.05) is 46.5 Å². The zero-order valence-electron chi connectivity index (χ0n) is 25.2. The quantitative estimate of drug-likeness (QED) is 0.228. The maximum absolute atomic E-state index is 13.8. The molecule has 0 spiro atoms. The summed E-state index contributed by atoms with van der Waals surface area (Å²) in [6, 6.07) is 15.2. The number of rotatable bonds is 12. The summed E-state index contributed by atoms with van der Waals surface area (Å²) >= 11 is 0. The van der Waals surface area contributed by atoms with Gasteiger partial charge in [-0.1, -0.05) is 32.0 Å². The number of aromatic amines is 1. The van der Waals surface area contributed by atoms with Gasteiger partial charge in [0.2, 0.25) is 0 Å². The van der Waals surface area contributed by atoms with E-state index in [9.17, 15) is 9.59 Å². The predicted molar refractivity (Wildman–Crippen MR) is 162 cm³/mol. The molecule has 4 rings (SSSR count). The van der Waals surface area contributed by atoms with Crippen LogP contribution in [0.1, 0.15) is 62.7 Å². The molecule has 220 valence electrons. The molecule has 0 saturated heterocycles. The number of aromatic nitrogens is 1. The molecule has 0 fully saturated rings. The Hall–Kier alpha value is -3.62. The Balaban J connectivity index is 1.51. The van der Waals surface area contributed by atoms with E-state index in [1.807, 2.05) is 57.2 Å². The molecule has 2 heterocycles. The molecule has 1 aliphatic heterocycles. The molecular weight excluding hydrogens is 518 g/mol. The number of carbonyl (C=O) groups excluding carboxylic acids is 2. The van der Waals surface area contributed by atoms with Gasteiger partial charge in [-0.3, -0.25) is 4.79 Å². The first kappa shape index (κ1) is 30.3. The number of nitrogens with one attached hydrogen (secondary N) is 1. The third kappa shape index (κ3) is 7.37. The maximum Gasteiger partial charge on any atom is 0.342 e. The summed E-state index contributed by atoms with van der Waals surface area (Å²) in [5.41, 5.74) is 3.07. The van der Waals surface area contributed by atoms with Crippen LogP contribution in [0.3, 0.4) is 0 Å². The highest BCUT2D eigenvalue weighted by Crippen LogP contribution is 2.40. The fraction of sp³-hybridized carbons (Fsp3) is 0.455. The highest BCUT2D eigenvalue weighted by atomic mass is 16.5. The smallest absolute Gasteiger partial charge is 0.342 e. The minimum Gasteiger partial charge on any atom is -0.494 e. The van der Waals surface area contributed by atoms with Crippen molar-refractivity contribution in [3.05, 3.63) is 71.6 Å². The lowest BCUT2D eigenvalue weighted by molar-refractivity contribution is -0.140. The molecule has 41 heavy (non-hydrogen) atoms. The number of likely N-dealkylation sites (N-methyl/N-ethyl adjacent to an activating group) is 1. The van der Waals surface area contributed by atoms with E-state index >= 15 is 0 Å². The van der Waals surface area contributed by atoms with Crippen LogP contribution in [0.5, 0.6) is 5.75 Å². The van der Waals surface area contributed by atoms with Crippen LogP contribution in [-0.4, -0.2) is 79.3 Å². The summed E-state index contributed by atoms with van der Waals surface area (Å²) in [4.78, 5) is 34.4. The van der Waals surface area contributed by atoms with Gasteiger partial charge < -0.3 is 29.0 Å². The number of hydrogen-bond donors (Lipinski definition) is 1. The molecule has 0 saturated carbocycles. The number of esters is 1. The van der Waals surface area contributed by atoms with Crippen LogP contribution in [0, 0.1) is 0 Å². The van der Waals surface area contributed by atoms with Crippen LogP contribution >= 0.6 is 0 Å². The topological polar surface area (TPSA) is 84.1 Å². The van der Waals surface area contributed by atoms with E-state index in [2.05, 4.69) is 30.8 Å². The molecule has 0 atom stereocenters. The Morgan fingerprint density at radius 3 is 2.49 bits per heavy atom. The molecule has 0 bridgehead atoms. The van der Waals surface area contributed by atoms with Crippen molar-refractivity contribution in [3.63, 3.8) is 0 Å². The lowest BCUT2D eigenvalue weighted by Crippen LogP contribution is -2.36. The predicted octanol–water partition coefficient (Wildman–Crippen LogP) is 5.63. The minimum absolute atomic E-state index is 0.190. The number of nitrogens with zero attached hydrogens (tertiary/aromatic N) is 2. The summed E-state index contributed by atoms with van der Waals surface area (Å²) in [6.07, 6.45) is 2.24. The third-order valence-electron chi connectivity index (χ3n) is 7.20. The first-order valence-electron chi connectivity index (χ1n) is 14.4. The second-order valence-corrected chi connectivity index (χ2v) is 11.5. The first-order valence-corrected chi connectivity index (χ1v) is 14.4. The SMILES string of the molecule is CCOCCN(C)CCCOc1ccc(C(=O)N2C=C(C(=O)OC(C)C)c3[nH]c4ccccc4c3C(C)(C)C2)cc1. The Kier molecular flexibility index (Phi) is 9.89. The van der Waals surface area contributed by atoms with Gasteiger partial charge in [-0.15, -0.1) is 0 Å². The fourth-order valence-electron chi connectivity index (χ4n) is 5.24. The zero-order chi connectivity index (χ0) is 29.6. The second-order valence-electron chi connectivity index (χ2n) is 11.5. The van der Waals surface area contributed by atoms with Crippen molar-refractivity contribution in [2.45, 2.75) is 52.6 Å². The van der Waals surface area contributed by atoms with E-state index < -0.39 is 11.4 Å². The van der Waals surface area contributed by atoms with Gasteiger partial charge >= 0.3 is 5.97 Å². The Bertz CT molecular complexity index is 1370. The summed E-state index contributed by atoms with van der Waals surface area (Å²) in [7, 11) is 2.07. The highest BCUT2D eigenvalue weighted by Gasteiger charge is 2.37. The molecule has 2 aromatic carbocycles. The number of carbonyl (C=O) groups is 2. The van der Waals surface area contributed by atoms with Crippen molar-refractivity contribution >= 4 is 28.4 Å². The van der Waals surface area contributed by atoms with Gasteiger partial charge in [0, 0.05) is 54.3 Å². The summed E-state index contributed by atoms with van der Waals surface area (Å²) in [5.74, 6) is 0.0633. The number of fused-ring (bicyclic) bond motifs is 3. The number of amides is 1. The van der Waals surface area contributed by atoms with Crippen molar-refractivity contribution in [1.29, 1.82) is 0 Å². The lowest BCUT2D eigenvalue weighted by Gasteiger charge is -2.29. The van der Waals surface area contributed by atoms with Crippen LogP contribution in [0.4, 0.5) is 0 Å². The van der Waals surface area contributed by atoms with Gasteiger partial charge in [-0.2, -0.15) is 0 Å². The van der Waals surface area contributed by atoms with Crippen LogP contribution in [0.25, 0.3) is 16.5 Å². The Morgan fingerprint density at radius 1 is 1.05 bits per heavy atom. The number of para-hydroxylation sites is 1. The van der Waals surface area contributed by atoms with Crippen LogP contribution in [0.2, 0.25) is 0 Å². The molecule has 1 aromatic heterocycles. The normalized spacial score (nSPS) is 14.6. The van der Waals surface area contributed by atoms with Gasteiger partial charge in [0.1, 0.15) is 5.75 Å². The fourth-order valence-corrected chi connectivity index (χ4v) is 5.24. The van der Waals surface area contributed by atoms with Crippen LogP contribution < -0.4 is 4.74 Å². The van der Waals surface area contributed by atoms with E-state index in [1.54, 1.807) is 23.2 Å². The second kappa shape index (κ2) is 13.4. The molecule has 8 nitrogen and oxygen atoms in total. The van der Waals surface area contributed by atoms with Gasteiger partial charge in [0.15, 0.2) is 0 Å². The third-order valence-corrected chi connectivity index (χ3v) is 7.20. The van der Waals surface area contributed by atoms with Crippen LogP contribution in [-0.2, 0) is 19.7 Å². The summed E-state index contributed by atoms with van der Waals surface area (Å²) < 4.78 is 16.9. The van der Waals surface area contributed by atoms with Gasteiger partial charge in [-0.05, 0) is 70.1 Å².